The van der Waals surface area contributed by atoms with E-state index in [0.29, 0.717) is 25.9 Å². The summed E-state index contributed by atoms with van der Waals surface area (Å²) in [6.07, 6.45) is 2.12. The molecule has 0 aromatic heterocycles. The molecule has 0 aliphatic carbocycles. The van der Waals surface area contributed by atoms with Gasteiger partial charge < -0.3 is 24.4 Å². The zero-order valence-electron chi connectivity index (χ0n) is 8.93. The van der Waals surface area contributed by atoms with Gasteiger partial charge in [0.2, 0.25) is 0 Å². The summed E-state index contributed by atoms with van der Waals surface area (Å²) in [6.45, 7) is 6.45. The molecule has 1 heterocycles. The number of aliphatic hydroxyl groups excluding tert-OH is 2. The number of rotatable bonds is 8. The lowest BCUT2D eigenvalue weighted by Gasteiger charge is -1.94. The average molecular weight is 220 g/mol. The van der Waals surface area contributed by atoms with E-state index in [1.807, 2.05) is 0 Å². The smallest absolute Gasteiger partial charge is 0.104 e. The molecule has 0 radical (unpaired) electrons. The van der Waals surface area contributed by atoms with Crippen LogP contribution in [-0.2, 0) is 14.2 Å². The van der Waals surface area contributed by atoms with Gasteiger partial charge in [0.1, 0.15) is 6.10 Å². The summed E-state index contributed by atoms with van der Waals surface area (Å²) >= 11 is 0. The van der Waals surface area contributed by atoms with E-state index in [1.54, 1.807) is 6.08 Å². The van der Waals surface area contributed by atoms with Gasteiger partial charge >= 0.3 is 0 Å². The van der Waals surface area contributed by atoms with E-state index in [9.17, 15) is 0 Å². The second kappa shape index (κ2) is 11.6. The first-order valence-corrected chi connectivity index (χ1v) is 4.94. The molecule has 1 saturated heterocycles. The summed E-state index contributed by atoms with van der Waals surface area (Å²) in [5, 5.41) is 16.2. The summed E-state index contributed by atoms with van der Waals surface area (Å²) < 4.78 is 14.6. The summed E-state index contributed by atoms with van der Waals surface area (Å²) in [7, 11) is 0. The van der Waals surface area contributed by atoms with Gasteiger partial charge in [-0.3, -0.25) is 0 Å². The molecular formula is C10H20O5. The molecule has 5 nitrogen and oxygen atoms in total. The van der Waals surface area contributed by atoms with E-state index in [-0.39, 0.29) is 13.2 Å². The quantitative estimate of drug-likeness (QED) is 0.330. The molecule has 0 aromatic carbocycles. The zero-order valence-corrected chi connectivity index (χ0v) is 8.93. The number of hydrogen-bond donors (Lipinski definition) is 2. The highest BCUT2D eigenvalue weighted by Gasteiger charge is 2.21. The number of hydrogen-bond acceptors (Lipinski definition) is 5. The van der Waals surface area contributed by atoms with Gasteiger partial charge in [0.15, 0.2) is 0 Å². The predicted octanol–water partition coefficient (Wildman–Crippen LogP) is -0.425. The molecular weight excluding hydrogens is 200 g/mol. The standard InChI is InChI=1S/C6H10O2.C4H10O3/c1-2-3-7-4-6-5-8-6;5-1-3-7-4-2-6/h2,6H,1,3-5H2;5-6H,1-4H2. The van der Waals surface area contributed by atoms with E-state index >= 15 is 0 Å². The van der Waals surface area contributed by atoms with Gasteiger partial charge in [-0.05, 0) is 0 Å². The molecule has 90 valence electrons. The van der Waals surface area contributed by atoms with Gasteiger partial charge in [-0.1, -0.05) is 6.08 Å². The van der Waals surface area contributed by atoms with Crippen molar-refractivity contribution in [2.45, 2.75) is 6.10 Å². The summed E-state index contributed by atoms with van der Waals surface area (Å²) in [5.41, 5.74) is 0. The first-order chi connectivity index (χ1) is 7.35. The SMILES string of the molecule is C=CCOCC1CO1.OCCOCCO. The Balaban J connectivity index is 0.000000265. The molecule has 0 saturated carbocycles. The van der Waals surface area contributed by atoms with E-state index in [0.717, 1.165) is 13.2 Å². The normalized spacial score (nSPS) is 17.9. The summed E-state index contributed by atoms with van der Waals surface area (Å²) in [6, 6.07) is 0. The van der Waals surface area contributed by atoms with Crippen LogP contribution >= 0.6 is 0 Å². The molecule has 5 heteroatoms. The molecule has 0 aromatic rings. The molecule has 2 N–H and O–H groups in total. The van der Waals surface area contributed by atoms with Crippen molar-refractivity contribution < 1.29 is 24.4 Å². The first kappa shape index (κ1) is 14.5. The van der Waals surface area contributed by atoms with Crippen LogP contribution in [0, 0.1) is 0 Å². The monoisotopic (exact) mass is 220 g/mol. The van der Waals surface area contributed by atoms with Crippen LogP contribution in [-0.4, -0.2) is 62.6 Å². The average Bonchev–Trinajstić information content (AvgIpc) is 3.04. The largest absolute Gasteiger partial charge is 0.394 e. The van der Waals surface area contributed by atoms with Gasteiger partial charge in [0.05, 0.1) is 46.2 Å². The maximum Gasteiger partial charge on any atom is 0.104 e. The van der Waals surface area contributed by atoms with Crippen LogP contribution in [0.5, 0.6) is 0 Å². The summed E-state index contributed by atoms with van der Waals surface area (Å²) in [5.74, 6) is 0. The highest BCUT2D eigenvalue weighted by Crippen LogP contribution is 2.07. The molecule has 1 rings (SSSR count). The van der Waals surface area contributed by atoms with Crippen molar-refractivity contribution in [2.24, 2.45) is 0 Å². The number of aliphatic hydroxyl groups is 2. The highest BCUT2D eigenvalue weighted by atomic mass is 16.6. The van der Waals surface area contributed by atoms with Crippen molar-refractivity contribution in [1.29, 1.82) is 0 Å². The van der Waals surface area contributed by atoms with Crippen molar-refractivity contribution in [2.75, 3.05) is 46.2 Å². The maximum atomic E-state index is 8.09. The molecule has 1 aliphatic rings. The molecule has 1 fully saturated rings. The van der Waals surface area contributed by atoms with Gasteiger partial charge in [0, 0.05) is 0 Å². The second-order valence-corrected chi connectivity index (χ2v) is 2.84. The molecule has 0 amide bonds. The van der Waals surface area contributed by atoms with E-state index < -0.39 is 0 Å². The van der Waals surface area contributed by atoms with Crippen LogP contribution in [0.1, 0.15) is 0 Å². The van der Waals surface area contributed by atoms with Crippen molar-refractivity contribution >= 4 is 0 Å². The second-order valence-electron chi connectivity index (χ2n) is 2.84. The van der Waals surface area contributed by atoms with Crippen molar-refractivity contribution in [1.82, 2.24) is 0 Å². The Hall–Kier alpha value is -0.460. The highest BCUT2D eigenvalue weighted by molar-refractivity contribution is 4.70. The van der Waals surface area contributed by atoms with Crippen LogP contribution in [0.25, 0.3) is 0 Å². The fourth-order valence-electron chi connectivity index (χ4n) is 0.678. The molecule has 0 spiro atoms. The Morgan fingerprint density at radius 3 is 2.27 bits per heavy atom. The van der Waals surface area contributed by atoms with E-state index in [4.69, 9.17) is 19.7 Å². The Morgan fingerprint density at radius 1 is 1.27 bits per heavy atom. The van der Waals surface area contributed by atoms with Gasteiger partial charge in [-0.15, -0.1) is 6.58 Å². The van der Waals surface area contributed by atoms with Gasteiger partial charge in [0.25, 0.3) is 0 Å². The molecule has 1 atom stereocenters. The molecule has 15 heavy (non-hydrogen) atoms. The van der Waals surface area contributed by atoms with Crippen molar-refractivity contribution in [3.8, 4) is 0 Å². The van der Waals surface area contributed by atoms with Crippen LogP contribution < -0.4 is 0 Å². The fraction of sp³-hybridized carbons (Fsp3) is 0.800. The van der Waals surface area contributed by atoms with Crippen LogP contribution in [0.3, 0.4) is 0 Å². The van der Waals surface area contributed by atoms with E-state index in [2.05, 4.69) is 11.3 Å². The Morgan fingerprint density at radius 2 is 1.87 bits per heavy atom. The third kappa shape index (κ3) is 13.5. The Labute approximate surface area is 90.3 Å². The van der Waals surface area contributed by atoms with Crippen molar-refractivity contribution in [3.63, 3.8) is 0 Å². The van der Waals surface area contributed by atoms with Crippen LogP contribution in [0.2, 0.25) is 0 Å². The minimum absolute atomic E-state index is 0.0278. The lowest BCUT2D eigenvalue weighted by atomic mass is 10.5. The summed E-state index contributed by atoms with van der Waals surface area (Å²) in [4.78, 5) is 0. The lowest BCUT2D eigenvalue weighted by Crippen LogP contribution is -2.03. The minimum Gasteiger partial charge on any atom is -0.394 e. The topological polar surface area (TPSA) is 71.5 Å². The number of ether oxygens (including phenoxy) is 3. The first-order valence-electron chi connectivity index (χ1n) is 4.94. The zero-order chi connectivity index (χ0) is 11.4. The van der Waals surface area contributed by atoms with Crippen molar-refractivity contribution in [3.05, 3.63) is 12.7 Å². The van der Waals surface area contributed by atoms with E-state index in [1.165, 1.54) is 0 Å². The third-order valence-electron chi connectivity index (χ3n) is 1.41. The molecule has 1 unspecified atom stereocenters. The maximum absolute atomic E-state index is 8.09. The molecule has 1 aliphatic heterocycles. The minimum atomic E-state index is 0.0278. The Bertz CT molecular complexity index is 132. The van der Waals surface area contributed by atoms with Crippen LogP contribution in [0.4, 0.5) is 0 Å². The fourth-order valence-corrected chi connectivity index (χ4v) is 0.678. The predicted molar refractivity (Wildman–Crippen MR) is 55.7 cm³/mol. The van der Waals surface area contributed by atoms with Crippen LogP contribution in [0.15, 0.2) is 12.7 Å². The molecule has 0 bridgehead atoms. The van der Waals surface area contributed by atoms with Gasteiger partial charge in [-0.2, -0.15) is 0 Å². The third-order valence-corrected chi connectivity index (χ3v) is 1.41. The number of epoxide rings is 1. The Kier molecular flexibility index (Phi) is 11.3. The van der Waals surface area contributed by atoms with Gasteiger partial charge in [-0.25, -0.2) is 0 Å². The lowest BCUT2D eigenvalue weighted by molar-refractivity contribution is 0.0650.